The number of halogens is 1. The Kier molecular flexibility index (Phi) is 4.83. The summed E-state index contributed by atoms with van der Waals surface area (Å²) in [5.41, 5.74) is 0.821. The predicted octanol–water partition coefficient (Wildman–Crippen LogP) is 1.97. The second kappa shape index (κ2) is 7.03. The highest BCUT2D eigenvalue weighted by molar-refractivity contribution is 5.87. The van der Waals surface area contributed by atoms with Crippen molar-refractivity contribution in [3.05, 3.63) is 42.2 Å². The van der Waals surface area contributed by atoms with Gasteiger partial charge in [0.25, 0.3) is 0 Å². The fourth-order valence-corrected chi connectivity index (χ4v) is 3.27. The third kappa shape index (κ3) is 3.42. The van der Waals surface area contributed by atoms with E-state index in [2.05, 4.69) is 6.58 Å². The van der Waals surface area contributed by atoms with Gasteiger partial charge in [0.2, 0.25) is 11.8 Å². The second-order valence-corrected chi connectivity index (χ2v) is 6.16. The van der Waals surface area contributed by atoms with Crippen molar-refractivity contribution < 1.29 is 18.7 Å². The Balaban J connectivity index is 1.64. The minimum absolute atomic E-state index is 0.0825. The molecule has 0 aromatic heterocycles. The average Bonchev–Trinajstić information content (AvgIpc) is 2.82. The van der Waals surface area contributed by atoms with E-state index < -0.39 is 0 Å². The zero-order valence-corrected chi connectivity index (χ0v) is 13.5. The third-order valence-corrected chi connectivity index (χ3v) is 4.65. The summed E-state index contributed by atoms with van der Waals surface area (Å²) in [6, 6.07) is 4.42. The lowest BCUT2D eigenvalue weighted by Gasteiger charge is -2.33. The monoisotopic (exact) mass is 332 g/mol. The standard InChI is InChI=1S/C18H21FN2O3/c1-2-17(22)20-7-5-13(6-8-20)18(23)21-9-10-24-16-11-15(19)4-3-14(16)12-21/h2-4,11,13H,1,5-10,12H2. The van der Waals surface area contributed by atoms with E-state index in [1.165, 1.54) is 18.2 Å². The van der Waals surface area contributed by atoms with Gasteiger partial charge in [-0.2, -0.15) is 0 Å². The number of ether oxygens (including phenoxy) is 1. The van der Waals surface area contributed by atoms with Gasteiger partial charge in [-0.1, -0.05) is 12.6 Å². The molecule has 24 heavy (non-hydrogen) atoms. The highest BCUT2D eigenvalue weighted by atomic mass is 19.1. The first-order valence-electron chi connectivity index (χ1n) is 8.20. The number of carbonyl (C=O) groups is 2. The van der Waals surface area contributed by atoms with Crippen LogP contribution in [0, 0.1) is 11.7 Å². The molecule has 0 saturated carbocycles. The number of hydrogen-bond acceptors (Lipinski definition) is 3. The molecule has 1 fully saturated rings. The molecule has 0 bridgehead atoms. The van der Waals surface area contributed by atoms with Crippen LogP contribution in [0.15, 0.2) is 30.9 Å². The molecule has 0 atom stereocenters. The minimum Gasteiger partial charge on any atom is -0.491 e. The summed E-state index contributed by atoms with van der Waals surface area (Å²) in [6.07, 6.45) is 2.63. The van der Waals surface area contributed by atoms with Crippen molar-refractivity contribution in [2.24, 2.45) is 5.92 Å². The molecule has 128 valence electrons. The number of likely N-dealkylation sites (tertiary alicyclic amines) is 1. The van der Waals surface area contributed by atoms with Crippen LogP contribution in [0.5, 0.6) is 5.75 Å². The lowest BCUT2D eigenvalue weighted by atomic mass is 9.95. The van der Waals surface area contributed by atoms with E-state index in [4.69, 9.17) is 4.74 Å². The van der Waals surface area contributed by atoms with Crippen molar-refractivity contribution >= 4 is 11.8 Å². The van der Waals surface area contributed by atoms with Crippen LogP contribution in [0.3, 0.4) is 0 Å². The van der Waals surface area contributed by atoms with Crippen LogP contribution in [0.1, 0.15) is 18.4 Å². The Morgan fingerprint density at radius 1 is 1.21 bits per heavy atom. The van der Waals surface area contributed by atoms with Crippen LogP contribution in [-0.2, 0) is 16.1 Å². The Bertz CT molecular complexity index is 654. The molecular formula is C18H21FN2O3. The molecule has 0 aliphatic carbocycles. The first kappa shape index (κ1) is 16.5. The maximum Gasteiger partial charge on any atom is 0.245 e. The quantitative estimate of drug-likeness (QED) is 0.778. The summed E-state index contributed by atoms with van der Waals surface area (Å²) in [5.74, 6) is 0.0897. The SMILES string of the molecule is C=CC(=O)N1CCC(C(=O)N2CCOc3cc(F)ccc3C2)CC1. The zero-order valence-electron chi connectivity index (χ0n) is 13.5. The van der Waals surface area contributed by atoms with Gasteiger partial charge in [0.15, 0.2) is 0 Å². The number of carbonyl (C=O) groups excluding carboxylic acids is 2. The molecule has 1 saturated heterocycles. The van der Waals surface area contributed by atoms with E-state index in [0.717, 1.165) is 5.56 Å². The summed E-state index contributed by atoms with van der Waals surface area (Å²) in [4.78, 5) is 27.9. The molecular weight excluding hydrogens is 311 g/mol. The number of piperidine rings is 1. The molecule has 6 heteroatoms. The van der Waals surface area contributed by atoms with Gasteiger partial charge in [0.1, 0.15) is 18.2 Å². The summed E-state index contributed by atoms with van der Waals surface area (Å²) < 4.78 is 18.9. The van der Waals surface area contributed by atoms with Gasteiger partial charge < -0.3 is 14.5 Å². The van der Waals surface area contributed by atoms with Crippen LogP contribution < -0.4 is 4.74 Å². The normalized spacial score (nSPS) is 18.4. The van der Waals surface area contributed by atoms with E-state index in [1.54, 1.807) is 15.9 Å². The topological polar surface area (TPSA) is 49.9 Å². The summed E-state index contributed by atoms with van der Waals surface area (Å²) >= 11 is 0. The van der Waals surface area contributed by atoms with Crippen LogP contribution >= 0.6 is 0 Å². The largest absolute Gasteiger partial charge is 0.491 e. The predicted molar refractivity (Wildman–Crippen MR) is 86.8 cm³/mol. The molecule has 2 amide bonds. The van der Waals surface area contributed by atoms with Gasteiger partial charge in [-0.05, 0) is 25.0 Å². The first-order chi connectivity index (χ1) is 11.6. The minimum atomic E-state index is -0.340. The molecule has 0 spiro atoms. The van der Waals surface area contributed by atoms with Crippen molar-refractivity contribution in [3.63, 3.8) is 0 Å². The molecule has 1 aromatic rings. The summed E-state index contributed by atoms with van der Waals surface area (Å²) in [7, 11) is 0. The molecule has 1 aromatic carbocycles. The molecule has 2 aliphatic rings. The highest BCUT2D eigenvalue weighted by Crippen LogP contribution is 2.27. The highest BCUT2D eigenvalue weighted by Gasteiger charge is 2.30. The fraction of sp³-hybridized carbons (Fsp3) is 0.444. The molecule has 2 heterocycles. The molecule has 0 N–H and O–H groups in total. The molecule has 5 nitrogen and oxygen atoms in total. The van der Waals surface area contributed by atoms with Crippen molar-refractivity contribution in [2.75, 3.05) is 26.2 Å². The smallest absolute Gasteiger partial charge is 0.245 e. The number of amides is 2. The van der Waals surface area contributed by atoms with Crippen LogP contribution in [0.25, 0.3) is 0 Å². The molecule has 2 aliphatic heterocycles. The Morgan fingerprint density at radius 3 is 2.67 bits per heavy atom. The number of hydrogen-bond donors (Lipinski definition) is 0. The van der Waals surface area contributed by atoms with Crippen molar-refractivity contribution in [3.8, 4) is 5.75 Å². The number of fused-ring (bicyclic) bond motifs is 1. The summed E-state index contributed by atoms with van der Waals surface area (Å²) in [6.45, 7) is 5.92. The lowest BCUT2D eigenvalue weighted by molar-refractivity contribution is -0.140. The van der Waals surface area contributed by atoms with Gasteiger partial charge in [-0.3, -0.25) is 9.59 Å². The Hall–Kier alpha value is -2.37. The summed E-state index contributed by atoms with van der Waals surface area (Å²) in [5, 5.41) is 0. The maximum atomic E-state index is 13.3. The Morgan fingerprint density at radius 2 is 1.96 bits per heavy atom. The van der Waals surface area contributed by atoms with E-state index in [9.17, 15) is 14.0 Å². The lowest BCUT2D eigenvalue weighted by Crippen LogP contribution is -2.44. The van der Waals surface area contributed by atoms with E-state index in [1.807, 2.05) is 0 Å². The fourth-order valence-electron chi connectivity index (χ4n) is 3.27. The first-order valence-corrected chi connectivity index (χ1v) is 8.20. The second-order valence-electron chi connectivity index (χ2n) is 6.16. The number of benzene rings is 1. The van der Waals surface area contributed by atoms with Gasteiger partial charge in [0.05, 0.1) is 6.54 Å². The molecule has 3 rings (SSSR count). The maximum absolute atomic E-state index is 13.3. The zero-order chi connectivity index (χ0) is 17.1. The van der Waals surface area contributed by atoms with Gasteiger partial charge in [-0.15, -0.1) is 0 Å². The molecule has 0 unspecified atom stereocenters. The van der Waals surface area contributed by atoms with Crippen LogP contribution in [-0.4, -0.2) is 47.9 Å². The van der Waals surface area contributed by atoms with Gasteiger partial charge in [0, 0.05) is 37.2 Å². The van der Waals surface area contributed by atoms with Gasteiger partial charge >= 0.3 is 0 Å². The number of nitrogens with zero attached hydrogens (tertiary/aromatic N) is 2. The molecule has 0 radical (unpaired) electrons. The van der Waals surface area contributed by atoms with Gasteiger partial charge in [-0.25, -0.2) is 4.39 Å². The van der Waals surface area contributed by atoms with Crippen molar-refractivity contribution in [1.29, 1.82) is 0 Å². The van der Waals surface area contributed by atoms with Crippen LogP contribution in [0.2, 0.25) is 0 Å². The van der Waals surface area contributed by atoms with Crippen molar-refractivity contribution in [1.82, 2.24) is 9.80 Å². The van der Waals surface area contributed by atoms with E-state index in [-0.39, 0.29) is 23.5 Å². The third-order valence-electron chi connectivity index (χ3n) is 4.65. The average molecular weight is 332 g/mol. The number of rotatable bonds is 2. The van der Waals surface area contributed by atoms with Crippen LogP contribution in [0.4, 0.5) is 4.39 Å². The van der Waals surface area contributed by atoms with E-state index >= 15 is 0 Å². The van der Waals surface area contributed by atoms with Crippen molar-refractivity contribution in [2.45, 2.75) is 19.4 Å². The van der Waals surface area contributed by atoms with E-state index in [0.29, 0.717) is 51.4 Å². The Labute approximate surface area is 140 Å².